The van der Waals surface area contributed by atoms with Gasteiger partial charge in [-0.25, -0.2) is 9.37 Å². The maximum Gasteiger partial charge on any atom is 0.213 e. The van der Waals surface area contributed by atoms with Crippen LogP contribution in [0.3, 0.4) is 0 Å². The number of nitrogens with zero attached hydrogens (tertiary/aromatic N) is 1. The number of methoxy groups -OCH3 is 1. The van der Waals surface area contributed by atoms with Gasteiger partial charge < -0.3 is 14.6 Å². The Bertz CT molecular complexity index is 827. The Balaban J connectivity index is 2.20. The van der Waals surface area contributed by atoms with Crippen LogP contribution in [0.5, 0.6) is 5.88 Å². The number of hydrogen-bond donors (Lipinski definition) is 4. The van der Waals surface area contributed by atoms with Crippen molar-refractivity contribution in [2.45, 2.75) is 27.1 Å². The van der Waals surface area contributed by atoms with E-state index in [9.17, 15) is 9.50 Å². The molecule has 8 heteroatoms. The van der Waals surface area contributed by atoms with E-state index in [1.54, 1.807) is 23.8 Å². The maximum absolute atomic E-state index is 14.2. The van der Waals surface area contributed by atoms with Crippen molar-refractivity contribution in [3.8, 4) is 17.0 Å². The van der Waals surface area contributed by atoms with Gasteiger partial charge in [-0.3, -0.25) is 16.1 Å². The van der Waals surface area contributed by atoms with Crippen molar-refractivity contribution >= 4 is 5.84 Å². The van der Waals surface area contributed by atoms with Crippen molar-refractivity contribution in [1.29, 1.82) is 5.41 Å². The smallest absolute Gasteiger partial charge is 0.213 e. The third-order valence-corrected chi connectivity index (χ3v) is 4.23. The number of amidine groups is 1. The summed E-state index contributed by atoms with van der Waals surface area (Å²) in [5, 5.41) is 26.0. The molecule has 0 radical (unpaired) electrons. The van der Waals surface area contributed by atoms with Gasteiger partial charge in [-0.15, -0.1) is 0 Å². The molecule has 1 atom stereocenters. The average Bonchev–Trinajstić information content (AvgIpc) is 2.65. The Hall–Kier alpha value is -2.55. The van der Waals surface area contributed by atoms with Gasteiger partial charge in [0.2, 0.25) is 5.88 Å². The summed E-state index contributed by atoms with van der Waals surface area (Å²) in [7, 11) is 1.42. The minimum Gasteiger partial charge on any atom is -0.477 e. The lowest BCUT2D eigenvalue weighted by Crippen LogP contribution is -2.36. The molecule has 0 amide bonds. The van der Waals surface area contributed by atoms with Crippen LogP contribution in [0.4, 0.5) is 4.39 Å². The highest BCUT2D eigenvalue weighted by molar-refractivity contribution is 5.96. The number of rotatable bonds is 7. The summed E-state index contributed by atoms with van der Waals surface area (Å²) in [6.45, 7) is 5.67. The number of aliphatic hydroxyl groups is 1. The highest BCUT2D eigenvalue weighted by Gasteiger charge is 2.29. The normalized spacial score (nSPS) is 12.6. The second-order valence-electron chi connectivity index (χ2n) is 6.88. The van der Waals surface area contributed by atoms with E-state index in [1.807, 2.05) is 20.8 Å². The standard InChI is InChI=1S/C19H24FN3O4/c1-11-7-16(27-10-19(2,3)18(24)26-4)22-9-14(11)12-5-6-13(15(20)8-12)17(21)23-25/h5-9,18,24-25H,10H2,1-4H3,(H2,21,23). The zero-order chi connectivity index (χ0) is 20.2. The van der Waals surface area contributed by atoms with Gasteiger partial charge in [-0.2, -0.15) is 0 Å². The minimum absolute atomic E-state index is 0.0363. The minimum atomic E-state index is -0.966. The number of aliphatic hydroxyl groups excluding tert-OH is 1. The molecule has 0 aliphatic rings. The SMILES string of the molecule is COC(O)C(C)(C)COc1cc(C)c(-c2ccc(C(=N)NO)c(F)c2)cn1. The zero-order valence-electron chi connectivity index (χ0n) is 15.7. The first-order valence-electron chi connectivity index (χ1n) is 8.29. The summed E-state index contributed by atoms with van der Waals surface area (Å²) in [4.78, 5) is 4.25. The number of aromatic nitrogens is 1. The summed E-state index contributed by atoms with van der Waals surface area (Å²) in [5.41, 5.74) is 3.10. The highest BCUT2D eigenvalue weighted by atomic mass is 19.1. The van der Waals surface area contributed by atoms with Crippen molar-refractivity contribution in [3.05, 3.63) is 47.4 Å². The number of hydrogen-bond acceptors (Lipinski definition) is 6. The molecule has 0 fully saturated rings. The van der Waals surface area contributed by atoms with Crippen molar-refractivity contribution in [2.75, 3.05) is 13.7 Å². The van der Waals surface area contributed by atoms with Crippen LogP contribution in [0.25, 0.3) is 11.1 Å². The number of pyridine rings is 1. The van der Waals surface area contributed by atoms with Crippen LogP contribution in [0.2, 0.25) is 0 Å². The first kappa shape index (κ1) is 20.8. The van der Waals surface area contributed by atoms with Gasteiger partial charge >= 0.3 is 0 Å². The van der Waals surface area contributed by atoms with E-state index in [0.717, 1.165) is 5.56 Å². The molecule has 27 heavy (non-hydrogen) atoms. The van der Waals surface area contributed by atoms with E-state index >= 15 is 0 Å². The van der Waals surface area contributed by atoms with Crippen LogP contribution in [0, 0.1) is 23.6 Å². The molecule has 2 rings (SSSR count). The third-order valence-electron chi connectivity index (χ3n) is 4.23. The zero-order valence-corrected chi connectivity index (χ0v) is 15.7. The van der Waals surface area contributed by atoms with Gasteiger partial charge in [0, 0.05) is 30.4 Å². The summed E-state index contributed by atoms with van der Waals surface area (Å²) >= 11 is 0. The Morgan fingerprint density at radius 1 is 1.37 bits per heavy atom. The molecular weight excluding hydrogens is 353 g/mol. The van der Waals surface area contributed by atoms with Crippen LogP contribution >= 0.6 is 0 Å². The van der Waals surface area contributed by atoms with Crippen LogP contribution in [0.15, 0.2) is 30.5 Å². The Kier molecular flexibility index (Phi) is 6.48. The van der Waals surface area contributed by atoms with Crippen molar-refractivity contribution < 1.29 is 24.2 Å². The Labute approximate surface area is 157 Å². The number of hydroxylamine groups is 1. The Morgan fingerprint density at radius 2 is 2.07 bits per heavy atom. The highest BCUT2D eigenvalue weighted by Crippen LogP contribution is 2.28. The van der Waals surface area contributed by atoms with E-state index in [0.29, 0.717) is 17.0 Å². The molecule has 1 unspecified atom stereocenters. The van der Waals surface area contributed by atoms with Crippen molar-refractivity contribution in [2.24, 2.45) is 5.41 Å². The van der Waals surface area contributed by atoms with E-state index in [-0.39, 0.29) is 12.2 Å². The molecule has 2 aromatic rings. The quantitative estimate of drug-likeness (QED) is 0.256. The first-order chi connectivity index (χ1) is 12.7. The molecule has 0 aliphatic heterocycles. The number of ether oxygens (including phenoxy) is 2. The van der Waals surface area contributed by atoms with Crippen LogP contribution < -0.4 is 10.2 Å². The van der Waals surface area contributed by atoms with Gasteiger partial charge in [-0.05, 0) is 30.2 Å². The molecule has 0 aliphatic carbocycles. The van der Waals surface area contributed by atoms with Crippen molar-refractivity contribution in [3.63, 3.8) is 0 Å². The second-order valence-corrected chi connectivity index (χ2v) is 6.88. The lowest BCUT2D eigenvalue weighted by Gasteiger charge is -2.28. The fourth-order valence-electron chi connectivity index (χ4n) is 2.51. The summed E-state index contributed by atoms with van der Waals surface area (Å²) < 4.78 is 24.8. The summed E-state index contributed by atoms with van der Waals surface area (Å²) in [6, 6.07) is 6.07. The van der Waals surface area contributed by atoms with Gasteiger partial charge in [0.05, 0.1) is 12.2 Å². The molecule has 1 heterocycles. The molecule has 7 nitrogen and oxygen atoms in total. The largest absolute Gasteiger partial charge is 0.477 e. The van der Waals surface area contributed by atoms with Gasteiger partial charge in [0.15, 0.2) is 12.1 Å². The molecule has 0 saturated carbocycles. The van der Waals surface area contributed by atoms with Crippen molar-refractivity contribution in [1.82, 2.24) is 10.5 Å². The number of aryl methyl sites for hydroxylation is 1. The lowest BCUT2D eigenvalue weighted by atomic mass is 9.94. The van der Waals surface area contributed by atoms with Gasteiger partial charge in [-0.1, -0.05) is 19.9 Å². The summed E-state index contributed by atoms with van der Waals surface area (Å²) in [5.74, 6) is -0.663. The van der Waals surface area contributed by atoms with Gasteiger partial charge in [0.1, 0.15) is 5.82 Å². The second kappa shape index (κ2) is 8.43. The monoisotopic (exact) mass is 377 g/mol. The predicted octanol–water partition coefficient (Wildman–Crippen LogP) is 2.87. The van der Waals surface area contributed by atoms with E-state index in [4.69, 9.17) is 20.1 Å². The number of benzene rings is 1. The number of halogens is 1. The topological polar surface area (TPSA) is 108 Å². The lowest BCUT2D eigenvalue weighted by molar-refractivity contribution is -0.155. The Morgan fingerprint density at radius 3 is 2.63 bits per heavy atom. The van der Waals surface area contributed by atoms with Crippen LogP contribution in [-0.4, -0.2) is 41.1 Å². The maximum atomic E-state index is 14.2. The van der Waals surface area contributed by atoms with Gasteiger partial charge in [0.25, 0.3) is 0 Å². The molecular formula is C19H24FN3O4. The molecule has 1 aromatic carbocycles. The van der Waals surface area contributed by atoms with E-state index in [1.165, 1.54) is 19.2 Å². The molecule has 146 valence electrons. The fraction of sp³-hybridized carbons (Fsp3) is 0.368. The first-order valence-corrected chi connectivity index (χ1v) is 8.29. The van der Waals surface area contributed by atoms with E-state index in [2.05, 4.69) is 4.98 Å². The molecule has 0 bridgehead atoms. The molecule has 0 saturated heterocycles. The number of nitrogens with one attached hydrogen (secondary N) is 2. The van der Waals surface area contributed by atoms with Crippen LogP contribution in [0.1, 0.15) is 25.0 Å². The molecule has 4 N–H and O–H groups in total. The fourth-order valence-corrected chi connectivity index (χ4v) is 2.51. The molecule has 1 aromatic heterocycles. The third kappa shape index (κ3) is 4.79. The average molecular weight is 377 g/mol. The summed E-state index contributed by atoms with van der Waals surface area (Å²) in [6.07, 6.45) is 0.612. The van der Waals surface area contributed by atoms with Crippen LogP contribution in [-0.2, 0) is 4.74 Å². The van der Waals surface area contributed by atoms with E-state index < -0.39 is 23.4 Å². The molecule has 0 spiro atoms. The predicted molar refractivity (Wildman–Crippen MR) is 98.4 cm³/mol.